The second-order valence-electron chi connectivity index (χ2n) is 3.93. The third-order valence-electron chi connectivity index (χ3n) is 1.76. The van der Waals surface area contributed by atoms with Crippen LogP contribution in [0.5, 0.6) is 0 Å². The van der Waals surface area contributed by atoms with Gasteiger partial charge < -0.3 is 10.6 Å². The van der Waals surface area contributed by atoms with Crippen molar-refractivity contribution in [1.29, 1.82) is 0 Å². The topological polar surface area (TPSA) is 55.0 Å². The molecule has 1 aromatic heterocycles. The standard InChI is InChI=1S/C10H18N4/c1-8(11)4-10-12-5-9(6-13-10)7-14(2)3/h5-6,8H,4,7,11H2,1-3H3. The molecule has 0 aliphatic heterocycles. The first-order chi connectivity index (χ1) is 6.58. The van der Waals surface area contributed by atoms with Crippen LogP contribution in [0.4, 0.5) is 0 Å². The average Bonchev–Trinajstić information content (AvgIpc) is 2.06. The van der Waals surface area contributed by atoms with E-state index in [1.54, 1.807) is 0 Å². The van der Waals surface area contributed by atoms with Crippen molar-refractivity contribution in [1.82, 2.24) is 14.9 Å². The van der Waals surface area contributed by atoms with E-state index in [1.807, 2.05) is 33.4 Å². The highest BCUT2D eigenvalue weighted by atomic mass is 15.1. The molecule has 1 aromatic rings. The maximum atomic E-state index is 5.65. The molecule has 4 nitrogen and oxygen atoms in total. The molecule has 1 rings (SSSR count). The van der Waals surface area contributed by atoms with E-state index in [0.29, 0.717) is 0 Å². The summed E-state index contributed by atoms with van der Waals surface area (Å²) in [6.07, 6.45) is 4.47. The Labute approximate surface area is 85.2 Å². The minimum atomic E-state index is 0.120. The van der Waals surface area contributed by atoms with Crippen LogP contribution < -0.4 is 5.73 Å². The zero-order valence-corrected chi connectivity index (χ0v) is 9.07. The molecule has 1 heterocycles. The quantitative estimate of drug-likeness (QED) is 0.755. The van der Waals surface area contributed by atoms with Gasteiger partial charge in [0.15, 0.2) is 0 Å². The van der Waals surface area contributed by atoms with Gasteiger partial charge in [-0.15, -0.1) is 0 Å². The molecule has 0 aliphatic carbocycles. The number of nitrogens with zero attached hydrogens (tertiary/aromatic N) is 3. The van der Waals surface area contributed by atoms with Crippen LogP contribution in [0.15, 0.2) is 12.4 Å². The smallest absolute Gasteiger partial charge is 0.129 e. The Hall–Kier alpha value is -1.00. The van der Waals surface area contributed by atoms with Crippen molar-refractivity contribution in [2.45, 2.75) is 25.9 Å². The fraction of sp³-hybridized carbons (Fsp3) is 0.600. The van der Waals surface area contributed by atoms with Crippen molar-refractivity contribution >= 4 is 0 Å². The molecule has 0 fully saturated rings. The summed E-state index contributed by atoms with van der Waals surface area (Å²) in [6.45, 7) is 2.83. The normalized spacial score (nSPS) is 13.2. The van der Waals surface area contributed by atoms with E-state index in [0.717, 1.165) is 24.4 Å². The molecule has 78 valence electrons. The van der Waals surface area contributed by atoms with Crippen molar-refractivity contribution < 1.29 is 0 Å². The van der Waals surface area contributed by atoms with Crippen molar-refractivity contribution in [3.8, 4) is 0 Å². The first kappa shape index (κ1) is 11.1. The van der Waals surface area contributed by atoms with Gasteiger partial charge in [-0.3, -0.25) is 0 Å². The van der Waals surface area contributed by atoms with Crippen molar-refractivity contribution in [3.63, 3.8) is 0 Å². The molecule has 0 amide bonds. The van der Waals surface area contributed by atoms with Crippen LogP contribution in [0.2, 0.25) is 0 Å². The van der Waals surface area contributed by atoms with Crippen LogP contribution >= 0.6 is 0 Å². The monoisotopic (exact) mass is 194 g/mol. The number of aromatic nitrogens is 2. The van der Waals surface area contributed by atoms with Gasteiger partial charge in [0.2, 0.25) is 0 Å². The Bertz CT molecular complexity index is 237. The minimum Gasteiger partial charge on any atom is -0.328 e. The number of nitrogens with two attached hydrogens (primary N) is 1. The summed E-state index contributed by atoms with van der Waals surface area (Å²) in [5.41, 5.74) is 6.78. The third kappa shape index (κ3) is 3.81. The fourth-order valence-electron chi connectivity index (χ4n) is 1.22. The molecule has 1 atom stereocenters. The first-order valence-corrected chi connectivity index (χ1v) is 4.78. The number of hydrogen-bond acceptors (Lipinski definition) is 4. The highest BCUT2D eigenvalue weighted by Gasteiger charge is 2.01. The molecule has 14 heavy (non-hydrogen) atoms. The number of hydrogen-bond donors (Lipinski definition) is 1. The summed E-state index contributed by atoms with van der Waals surface area (Å²) < 4.78 is 0. The maximum Gasteiger partial charge on any atom is 0.129 e. The first-order valence-electron chi connectivity index (χ1n) is 4.78. The van der Waals surface area contributed by atoms with Gasteiger partial charge in [-0.1, -0.05) is 0 Å². The summed E-state index contributed by atoms with van der Waals surface area (Å²) in [6, 6.07) is 0.120. The summed E-state index contributed by atoms with van der Waals surface area (Å²) in [7, 11) is 4.05. The Kier molecular flexibility index (Phi) is 3.98. The number of rotatable bonds is 4. The molecule has 1 unspecified atom stereocenters. The molecule has 0 saturated heterocycles. The summed E-state index contributed by atoms with van der Waals surface area (Å²) in [5, 5.41) is 0. The van der Waals surface area contributed by atoms with E-state index in [2.05, 4.69) is 14.9 Å². The molecule has 0 aliphatic rings. The van der Waals surface area contributed by atoms with E-state index in [9.17, 15) is 0 Å². The molecule has 4 heteroatoms. The highest BCUT2D eigenvalue weighted by molar-refractivity contribution is 5.05. The van der Waals surface area contributed by atoms with Crippen LogP contribution in [0.25, 0.3) is 0 Å². The summed E-state index contributed by atoms with van der Waals surface area (Å²) >= 11 is 0. The maximum absolute atomic E-state index is 5.65. The Morgan fingerprint density at radius 1 is 1.36 bits per heavy atom. The summed E-state index contributed by atoms with van der Waals surface area (Å²) in [5.74, 6) is 0.822. The zero-order valence-electron chi connectivity index (χ0n) is 9.07. The largest absolute Gasteiger partial charge is 0.328 e. The van der Waals surface area contributed by atoms with E-state index in [4.69, 9.17) is 5.73 Å². The van der Waals surface area contributed by atoms with Gasteiger partial charge in [-0.25, -0.2) is 9.97 Å². The minimum absolute atomic E-state index is 0.120. The van der Waals surface area contributed by atoms with Gasteiger partial charge in [0, 0.05) is 37.0 Å². The molecule has 0 aromatic carbocycles. The van der Waals surface area contributed by atoms with Crippen LogP contribution in [0.3, 0.4) is 0 Å². The second-order valence-corrected chi connectivity index (χ2v) is 3.93. The lowest BCUT2D eigenvalue weighted by Crippen LogP contribution is -2.19. The van der Waals surface area contributed by atoms with Gasteiger partial charge in [-0.05, 0) is 21.0 Å². The molecule has 0 saturated carbocycles. The van der Waals surface area contributed by atoms with Crippen LogP contribution in [-0.4, -0.2) is 35.0 Å². The van der Waals surface area contributed by atoms with Crippen LogP contribution in [0, 0.1) is 0 Å². The lowest BCUT2D eigenvalue weighted by atomic mass is 10.2. The van der Waals surface area contributed by atoms with Crippen LogP contribution in [0.1, 0.15) is 18.3 Å². The Morgan fingerprint density at radius 2 is 1.93 bits per heavy atom. The molecule has 0 spiro atoms. The lowest BCUT2D eigenvalue weighted by Gasteiger charge is -2.09. The SMILES string of the molecule is CC(N)Cc1ncc(CN(C)C)cn1. The van der Waals surface area contributed by atoms with Crippen LogP contribution in [-0.2, 0) is 13.0 Å². The van der Waals surface area contributed by atoms with Gasteiger partial charge >= 0.3 is 0 Å². The van der Waals surface area contributed by atoms with Gasteiger partial charge in [-0.2, -0.15) is 0 Å². The lowest BCUT2D eigenvalue weighted by molar-refractivity contribution is 0.401. The molecular weight excluding hydrogens is 176 g/mol. The van der Waals surface area contributed by atoms with E-state index in [1.165, 1.54) is 0 Å². The Morgan fingerprint density at radius 3 is 2.36 bits per heavy atom. The summed E-state index contributed by atoms with van der Waals surface area (Å²) in [4.78, 5) is 10.6. The van der Waals surface area contributed by atoms with Crippen molar-refractivity contribution in [2.24, 2.45) is 5.73 Å². The third-order valence-corrected chi connectivity index (χ3v) is 1.76. The van der Waals surface area contributed by atoms with Crippen molar-refractivity contribution in [2.75, 3.05) is 14.1 Å². The predicted molar refractivity (Wildman–Crippen MR) is 56.8 cm³/mol. The molecule has 0 bridgehead atoms. The Balaban J connectivity index is 2.59. The zero-order chi connectivity index (χ0) is 10.6. The predicted octanol–water partition coefficient (Wildman–Crippen LogP) is 0.428. The van der Waals surface area contributed by atoms with E-state index >= 15 is 0 Å². The van der Waals surface area contributed by atoms with Gasteiger partial charge in [0.1, 0.15) is 5.82 Å². The molecule has 2 N–H and O–H groups in total. The highest BCUT2D eigenvalue weighted by Crippen LogP contribution is 2.00. The van der Waals surface area contributed by atoms with Gasteiger partial charge in [0.25, 0.3) is 0 Å². The van der Waals surface area contributed by atoms with E-state index in [-0.39, 0.29) is 6.04 Å². The molecule has 0 radical (unpaired) electrons. The fourth-order valence-corrected chi connectivity index (χ4v) is 1.22. The van der Waals surface area contributed by atoms with Gasteiger partial charge in [0.05, 0.1) is 0 Å². The van der Waals surface area contributed by atoms with Crippen molar-refractivity contribution in [3.05, 3.63) is 23.8 Å². The second kappa shape index (κ2) is 5.02. The average molecular weight is 194 g/mol. The van der Waals surface area contributed by atoms with E-state index < -0.39 is 0 Å². The molecular formula is C10H18N4.